The van der Waals surface area contributed by atoms with E-state index in [4.69, 9.17) is 20.8 Å². The molecule has 0 aliphatic carbocycles. The molecular weight excluding hydrogens is 304 g/mol. The number of hydrogen-bond donors (Lipinski definition) is 1. The lowest BCUT2D eigenvalue weighted by Gasteiger charge is -2.16. The molecule has 0 fully saturated rings. The van der Waals surface area contributed by atoms with Crippen molar-refractivity contribution in [2.75, 3.05) is 26.7 Å². The van der Waals surface area contributed by atoms with Crippen molar-refractivity contribution < 1.29 is 13.9 Å². The van der Waals surface area contributed by atoms with Gasteiger partial charge in [0, 0.05) is 11.6 Å². The molecule has 2 rings (SSSR count). The van der Waals surface area contributed by atoms with Crippen LogP contribution in [0.25, 0.3) is 0 Å². The average molecular weight is 323 g/mol. The number of carbonyl (C=O) groups excluding carboxylic acids is 1. The maximum Gasteiger partial charge on any atom is 0.234 e. The molecular formula is C16H19ClN2O3. The van der Waals surface area contributed by atoms with Gasteiger partial charge >= 0.3 is 0 Å². The molecule has 0 radical (unpaired) electrons. The van der Waals surface area contributed by atoms with E-state index in [0.29, 0.717) is 31.3 Å². The summed E-state index contributed by atoms with van der Waals surface area (Å²) in [6.07, 6.45) is 1.58. The molecule has 1 aromatic heterocycles. The van der Waals surface area contributed by atoms with Crippen LogP contribution in [0.3, 0.4) is 0 Å². The van der Waals surface area contributed by atoms with Crippen molar-refractivity contribution in [3.05, 3.63) is 53.4 Å². The molecule has 0 saturated heterocycles. The maximum absolute atomic E-state index is 11.8. The van der Waals surface area contributed by atoms with Gasteiger partial charge in [-0.05, 0) is 37.4 Å². The molecule has 1 N–H and O–H groups in total. The van der Waals surface area contributed by atoms with Crippen LogP contribution in [0.1, 0.15) is 5.76 Å². The lowest BCUT2D eigenvalue weighted by molar-refractivity contribution is -0.122. The van der Waals surface area contributed by atoms with E-state index in [-0.39, 0.29) is 5.91 Å². The third-order valence-corrected chi connectivity index (χ3v) is 3.23. The fourth-order valence-electron chi connectivity index (χ4n) is 1.86. The zero-order chi connectivity index (χ0) is 15.8. The van der Waals surface area contributed by atoms with E-state index in [1.165, 1.54) is 0 Å². The van der Waals surface area contributed by atoms with Crippen LogP contribution in [0, 0.1) is 0 Å². The van der Waals surface area contributed by atoms with E-state index in [9.17, 15) is 4.79 Å². The van der Waals surface area contributed by atoms with E-state index in [0.717, 1.165) is 11.5 Å². The highest BCUT2D eigenvalue weighted by atomic mass is 35.5. The SMILES string of the molecule is CN(CCOc1cccc(Cl)c1)CC(=O)NCc1ccco1. The van der Waals surface area contributed by atoms with Gasteiger partial charge in [0.05, 0.1) is 19.4 Å². The second-order valence-electron chi connectivity index (χ2n) is 4.90. The van der Waals surface area contributed by atoms with Gasteiger partial charge in [-0.25, -0.2) is 0 Å². The number of rotatable bonds is 8. The number of benzene rings is 1. The number of nitrogens with zero attached hydrogens (tertiary/aromatic N) is 1. The maximum atomic E-state index is 11.8. The number of ether oxygens (including phenoxy) is 1. The predicted molar refractivity (Wildman–Crippen MR) is 85.0 cm³/mol. The van der Waals surface area contributed by atoms with E-state index < -0.39 is 0 Å². The predicted octanol–water partition coefficient (Wildman–Crippen LogP) is 2.56. The molecule has 0 bridgehead atoms. The van der Waals surface area contributed by atoms with Crippen molar-refractivity contribution in [1.82, 2.24) is 10.2 Å². The van der Waals surface area contributed by atoms with Crippen molar-refractivity contribution in [3.63, 3.8) is 0 Å². The number of nitrogens with one attached hydrogen (secondary N) is 1. The minimum atomic E-state index is -0.0540. The second kappa shape index (κ2) is 8.46. The molecule has 22 heavy (non-hydrogen) atoms. The molecule has 0 spiro atoms. The van der Waals surface area contributed by atoms with Gasteiger partial charge in [-0.15, -0.1) is 0 Å². The molecule has 1 heterocycles. The molecule has 6 heteroatoms. The van der Waals surface area contributed by atoms with Crippen molar-refractivity contribution in [2.45, 2.75) is 6.54 Å². The van der Waals surface area contributed by atoms with E-state index in [2.05, 4.69) is 5.32 Å². The Morgan fingerprint density at radius 1 is 1.36 bits per heavy atom. The van der Waals surface area contributed by atoms with Gasteiger partial charge < -0.3 is 14.5 Å². The molecule has 0 aliphatic rings. The molecule has 118 valence electrons. The smallest absolute Gasteiger partial charge is 0.234 e. The number of amides is 1. The first kappa shape index (κ1) is 16.4. The first-order valence-corrected chi connectivity index (χ1v) is 7.37. The van der Waals surface area contributed by atoms with Gasteiger partial charge in [-0.2, -0.15) is 0 Å². The normalized spacial score (nSPS) is 10.7. The monoisotopic (exact) mass is 322 g/mol. The Labute approximate surface area is 134 Å². The topological polar surface area (TPSA) is 54.7 Å². The third-order valence-electron chi connectivity index (χ3n) is 2.99. The Morgan fingerprint density at radius 3 is 2.95 bits per heavy atom. The van der Waals surface area contributed by atoms with Crippen LogP contribution in [-0.2, 0) is 11.3 Å². The highest BCUT2D eigenvalue weighted by Gasteiger charge is 2.07. The fraction of sp³-hybridized carbons (Fsp3) is 0.312. The van der Waals surface area contributed by atoms with Crippen molar-refractivity contribution in [2.24, 2.45) is 0 Å². The van der Waals surface area contributed by atoms with Crippen LogP contribution < -0.4 is 10.1 Å². The summed E-state index contributed by atoms with van der Waals surface area (Å²) in [5.41, 5.74) is 0. The Bertz CT molecular complexity index is 587. The first-order chi connectivity index (χ1) is 10.6. The number of carbonyl (C=O) groups is 1. The van der Waals surface area contributed by atoms with E-state index in [1.807, 2.05) is 30.1 Å². The summed E-state index contributed by atoms with van der Waals surface area (Å²) in [4.78, 5) is 13.7. The van der Waals surface area contributed by atoms with Gasteiger partial charge in [0.1, 0.15) is 18.1 Å². The summed E-state index contributed by atoms with van der Waals surface area (Å²) in [6.45, 7) is 1.83. The fourth-order valence-corrected chi connectivity index (χ4v) is 2.04. The number of furan rings is 1. The van der Waals surface area contributed by atoms with Gasteiger partial charge in [-0.1, -0.05) is 17.7 Å². The molecule has 1 amide bonds. The van der Waals surface area contributed by atoms with Crippen LogP contribution in [0.2, 0.25) is 5.02 Å². The summed E-state index contributed by atoms with van der Waals surface area (Å²) >= 11 is 5.88. The van der Waals surface area contributed by atoms with Gasteiger partial charge in [0.25, 0.3) is 0 Å². The minimum absolute atomic E-state index is 0.0540. The van der Waals surface area contributed by atoms with Crippen LogP contribution in [0.4, 0.5) is 0 Å². The average Bonchev–Trinajstić information content (AvgIpc) is 2.98. The standard InChI is InChI=1S/C16H19ClN2O3/c1-19(7-9-22-14-5-2-4-13(17)10-14)12-16(20)18-11-15-6-3-8-21-15/h2-6,8,10H,7,9,11-12H2,1H3,(H,18,20). The lowest BCUT2D eigenvalue weighted by atomic mass is 10.3. The van der Waals surface area contributed by atoms with Crippen molar-refractivity contribution >= 4 is 17.5 Å². The van der Waals surface area contributed by atoms with Gasteiger partial charge in [0.2, 0.25) is 5.91 Å². The molecule has 1 aromatic carbocycles. The Morgan fingerprint density at radius 2 is 2.23 bits per heavy atom. The van der Waals surface area contributed by atoms with E-state index >= 15 is 0 Å². The second-order valence-corrected chi connectivity index (χ2v) is 5.34. The Balaban J connectivity index is 1.62. The van der Waals surface area contributed by atoms with Gasteiger partial charge in [-0.3, -0.25) is 9.69 Å². The quantitative estimate of drug-likeness (QED) is 0.811. The lowest BCUT2D eigenvalue weighted by Crippen LogP contribution is -2.36. The summed E-state index contributed by atoms with van der Waals surface area (Å²) in [5.74, 6) is 1.41. The number of hydrogen-bond acceptors (Lipinski definition) is 4. The minimum Gasteiger partial charge on any atom is -0.492 e. The van der Waals surface area contributed by atoms with Gasteiger partial charge in [0.15, 0.2) is 0 Å². The zero-order valence-corrected chi connectivity index (χ0v) is 13.2. The van der Waals surface area contributed by atoms with E-state index in [1.54, 1.807) is 24.5 Å². The summed E-state index contributed by atoms with van der Waals surface area (Å²) < 4.78 is 10.7. The van der Waals surface area contributed by atoms with Crippen molar-refractivity contribution in [1.29, 1.82) is 0 Å². The van der Waals surface area contributed by atoms with Crippen molar-refractivity contribution in [3.8, 4) is 5.75 Å². The summed E-state index contributed by atoms with van der Waals surface area (Å²) in [6, 6.07) is 10.9. The summed E-state index contributed by atoms with van der Waals surface area (Å²) in [5, 5.41) is 3.44. The molecule has 0 aliphatic heterocycles. The molecule has 5 nitrogen and oxygen atoms in total. The van der Waals surface area contributed by atoms with Crippen LogP contribution in [0.15, 0.2) is 47.1 Å². The summed E-state index contributed by atoms with van der Waals surface area (Å²) in [7, 11) is 1.87. The molecule has 0 atom stereocenters. The third kappa shape index (κ3) is 5.79. The highest BCUT2D eigenvalue weighted by Crippen LogP contribution is 2.16. The number of likely N-dealkylation sites (N-methyl/N-ethyl adjacent to an activating group) is 1. The molecule has 2 aromatic rings. The highest BCUT2D eigenvalue weighted by molar-refractivity contribution is 6.30. The molecule has 0 unspecified atom stereocenters. The molecule has 0 saturated carbocycles. The van der Waals surface area contributed by atoms with Crippen LogP contribution in [0.5, 0.6) is 5.75 Å². The Kier molecular flexibility index (Phi) is 6.30. The largest absolute Gasteiger partial charge is 0.492 e. The Hall–Kier alpha value is -1.98. The van der Waals surface area contributed by atoms with Crippen LogP contribution in [-0.4, -0.2) is 37.6 Å². The number of halogens is 1. The van der Waals surface area contributed by atoms with Crippen LogP contribution >= 0.6 is 11.6 Å². The first-order valence-electron chi connectivity index (χ1n) is 6.99. The zero-order valence-electron chi connectivity index (χ0n) is 12.4.